The van der Waals surface area contributed by atoms with E-state index in [-0.39, 0.29) is 18.8 Å². The van der Waals surface area contributed by atoms with Crippen LogP contribution in [-0.4, -0.2) is 49.0 Å². The molecular formula is C12H14N4O4S. The van der Waals surface area contributed by atoms with Crippen molar-refractivity contribution in [2.45, 2.75) is 0 Å². The number of anilines is 1. The van der Waals surface area contributed by atoms with E-state index in [1.54, 1.807) is 24.3 Å². The van der Waals surface area contributed by atoms with Crippen LogP contribution in [-0.2, 0) is 10.0 Å². The summed E-state index contributed by atoms with van der Waals surface area (Å²) >= 11 is 0. The van der Waals surface area contributed by atoms with Crippen LogP contribution in [0.15, 0.2) is 24.3 Å². The highest BCUT2D eigenvalue weighted by molar-refractivity contribution is 7.88. The van der Waals surface area contributed by atoms with E-state index in [0.717, 1.165) is 6.26 Å². The summed E-state index contributed by atoms with van der Waals surface area (Å²) in [5.41, 5.74) is 0.678. The van der Waals surface area contributed by atoms with Gasteiger partial charge in [0.05, 0.1) is 17.5 Å². The summed E-state index contributed by atoms with van der Waals surface area (Å²) in [6.07, 6.45) is 1.05. The number of aromatic nitrogens is 2. The number of benzene rings is 1. The van der Waals surface area contributed by atoms with Crippen LogP contribution in [0.2, 0.25) is 0 Å². The number of hydrogen-bond acceptors (Lipinski definition) is 6. The van der Waals surface area contributed by atoms with Crippen molar-refractivity contribution in [3.63, 3.8) is 0 Å². The maximum atomic E-state index is 11.2. The van der Waals surface area contributed by atoms with Crippen molar-refractivity contribution in [1.82, 2.24) is 14.9 Å². The predicted molar refractivity (Wildman–Crippen MR) is 77.8 cm³/mol. The molecule has 1 aromatic carbocycles. The largest absolute Gasteiger partial charge is 0.476 e. The van der Waals surface area contributed by atoms with Crippen LogP contribution in [0.3, 0.4) is 0 Å². The Hall–Kier alpha value is -2.26. The smallest absolute Gasteiger partial charge is 0.358 e. The third-order valence-corrected chi connectivity index (χ3v) is 3.39. The predicted octanol–water partition coefficient (Wildman–Crippen LogP) is 0.289. The second kappa shape index (κ2) is 6.02. The van der Waals surface area contributed by atoms with Gasteiger partial charge in [0.1, 0.15) is 0 Å². The van der Waals surface area contributed by atoms with E-state index < -0.39 is 16.0 Å². The third kappa shape index (κ3) is 3.86. The van der Waals surface area contributed by atoms with Gasteiger partial charge in [0.25, 0.3) is 0 Å². The first-order chi connectivity index (χ1) is 9.88. The van der Waals surface area contributed by atoms with Crippen molar-refractivity contribution in [3.05, 3.63) is 30.0 Å². The van der Waals surface area contributed by atoms with Crippen molar-refractivity contribution >= 4 is 32.6 Å². The molecule has 2 rings (SSSR count). The second-order valence-electron chi connectivity index (χ2n) is 4.34. The Morgan fingerprint density at radius 2 is 1.95 bits per heavy atom. The van der Waals surface area contributed by atoms with Gasteiger partial charge in [-0.1, -0.05) is 18.2 Å². The molecule has 0 unspecified atom stereocenters. The van der Waals surface area contributed by atoms with Gasteiger partial charge in [-0.05, 0) is 6.07 Å². The fourth-order valence-electron chi connectivity index (χ4n) is 1.81. The molecule has 3 N–H and O–H groups in total. The Bertz CT molecular complexity index is 776. The average Bonchev–Trinajstić information content (AvgIpc) is 2.42. The van der Waals surface area contributed by atoms with Crippen LogP contribution < -0.4 is 10.0 Å². The topological polar surface area (TPSA) is 121 Å². The van der Waals surface area contributed by atoms with E-state index in [1.807, 2.05) is 0 Å². The molecule has 1 aromatic heterocycles. The average molecular weight is 310 g/mol. The van der Waals surface area contributed by atoms with Gasteiger partial charge in [-0.2, -0.15) is 0 Å². The molecule has 2 aromatic rings. The van der Waals surface area contributed by atoms with Crippen LogP contribution in [0.4, 0.5) is 5.69 Å². The zero-order valence-corrected chi connectivity index (χ0v) is 12.0. The van der Waals surface area contributed by atoms with E-state index in [4.69, 9.17) is 5.11 Å². The first kappa shape index (κ1) is 15.1. The number of nitrogens with one attached hydrogen (secondary N) is 2. The number of fused-ring (bicyclic) bond motifs is 1. The lowest BCUT2D eigenvalue weighted by atomic mass is 10.1. The second-order valence-corrected chi connectivity index (χ2v) is 6.17. The van der Waals surface area contributed by atoms with Crippen LogP contribution in [0, 0.1) is 0 Å². The number of nitrogens with zero attached hydrogens (tertiary/aromatic N) is 2. The molecule has 0 fully saturated rings. The Kier molecular flexibility index (Phi) is 4.34. The normalized spacial score (nSPS) is 11.5. The van der Waals surface area contributed by atoms with Crippen molar-refractivity contribution < 1.29 is 18.3 Å². The van der Waals surface area contributed by atoms with Crippen LogP contribution in [0.5, 0.6) is 0 Å². The van der Waals surface area contributed by atoms with Gasteiger partial charge in [0.2, 0.25) is 10.0 Å². The summed E-state index contributed by atoms with van der Waals surface area (Å²) in [6, 6.07) is 6.97. The van der Waals surface area contributed by atoms with Gasteiger partial charge in [-0.15, -0.1) is 10.2 Å². The fraction of sp³-hybridized carbons (Fsp3) is 0.250. The molecule has 0 saturated heterocycles. The first-order valence-electron chi connectivity index (χ1n) is 6.06. The lowest BCUT2D eigenvalue weighted by molar-refractivity contribution is 0.0690. The summed E-state index contributed by atoms with van der Waals surface area (Å²) < 4.78 is 24.3. The molecule has 0 atom stereocenters. The molecule has 0 aliphatic heterocycles. The molecule has 0 saturated carbocycles. The van der Waals surface area contributed by atoms with Crippen LogP contribution in [0.25, 0.3) is 10.9 Å². The van der Waals surface area contributed by atoms with Gasteiger partial charge in [-0.25, -0.2) is 17.9 Å². The molecule has 0 spiro atoms. The van der Waals surface area contributed by atoms with E-state index in [1.165, 1.54) is 0 Å². The summed E-state index contributed by atoms with van der Waals surface area (Å²) in [7, 11) is -3.28. The molecule has 8 nitrogen and oxygen atoms in total. The van der Waals surface area contributed by atoms with E-state index >= 15 is 0 Å². The minimum absolute atomic E-state index is 0.133. The lowest BCUT2D eigenvalue weighted by Crippen LogP contribution is -2.28. The minimum atomic E-state index is -3.28. The molecule has 112 valence electrons. The van der Waals surface area contributed by atoms with Crippen molar-refractivity contribution in [3.8, 4) is 0 Å². The van der Waals surface area contributed by atoms with E-state index in [9.17, 15) is 13.2 Å². The van der Waals surface area contributed by atoms with Gasteiger partial charge < -0.3 is 10.4 Å². The monoisotopic (exact) mass is 310 g/mol. The number of rotatable bonds is 6. The molecular weight excluding hydrogens is 296 g/mol. The molecule has 9 heteroatoms. The molecule has 0 amide bonds. The van der Waals surface area contributed by atoms with Crippen LogP contribution >= 0.6 is 0 Å². The molecule has 0 aliphatic rings. The molecule has 0 aliphatic carbocycles. The minimum Gasteiger partial charge on any atom is -0.476 e. The lowest BCUT2D eigenvalue weighted by Gasteiger charge is -2.11. The maximum absolute atomic E-state index is 11.2. The highest BCUT2D eigenvalue weighted by atomic mass is 32.2. The maximum Gasteiger partial charge on any atom is 0.358 e. The van der Waals surface area contributed by atoms with Gasteiger partial charge >= 0.3 is 5.97 Å². The Morgan fingerprint density at radius 3 is 2.62 bits per heavy atom. The summed E-state index contributed by atoms with van der Waals surface area (Å²) in [5, 5.41) is 20.2. The van der Waals surface area contributed by atoms with Crippen molar-refractivity contribution in [2.75, 3.05) is 24.7 Å². The fourth-order valence-corrected chi connectivity index (χ4v) is 2.28. The number of hydrogen-bond donors (Lipinski definition) is 3. The van der Waals surface area contributed by atoms with E-state index in [0.29, 0.717) is 16.6 Å². The number of aromatic carboxylic acids is 1. The zero-order chi connectivity index (χ0) is 15.5. The Balaban J connectivity index is 2.27. The number of carboxylic acids is 1. The van der Waals surface area contributed by atoms with Gasteiger partial charge in [0.15, 0.2) is 5.69 Å². The highest BCUT2D eigenvalue weighted by Crippen LogP contribution is 2.23. The summed E-state index contributed by atoms with van der Waals surface area (Å²) in [6.45, 7) is 0.359. The van der Waals surface area contributed by atoms with E-state index in [2.05, 4.69) is 20.2 Å². The number of sulfonamides is 1. The highest BCUT2D eigenvalue weighted by Gasteiger charge is 2.16. The molecule has 21 heavy (non-hydrogen) atoms. The Labute approximate surface area is 121 Å². The molecule has 0 bridgehead atoms. The molecule has 0 radical (unpaired) electrons. The first-order valence-corrected chi connectivity index (χ1v) is 7.95. The van der Waals surface area contributed by atoms with Gasteiger partial charge in [0, 0.05) is 18.5 Å². The standard InChI is InChI=1S/C12H14N4O4S/c1-21(19,20)14-7-6-13-10-8-4-2-3-5-9(8)15-16-11(10)12(17)18/h2-5,14H,6-7H2,1H3,(H,13,15)(H,17,18). The zero-order valence-electron chi connectivity index (χ0n) is 11.2. The SMILES string of the molecule is CS(=O)(=O)NCCNc1c(C(=O)O)nnc2ccccc12. The summed E-state index contributed by atoms with van der Waals surface area (Å²) in [5.74, 6) is -1.20. The van der Waals surface area contributed by atoms with Crippen molar-refractivity contribution in [2.24, 2.45) is 0 Å². The number of carbonyl (C=O) groups is 1. The Morgan fingerprint density at radius 1 is 1.24 bits per heavy atom. The number of carboxylic acid groups (broad SMARTS) is 1. The summed E-state index contributed by atoms with van der Waals surface area (Å²) in [4.78, 5) is 11.2. The van der Waals surface area contributed by atoms with Gasteiger partial charge in [-0.3, -0.25) is 0 Å². The molecule has 1 heterocycles. The van der Waals surface area contributed by atoms with Crippen molar-refractivity contribution in [1.29, 1.82) is 0 Å². The quantitative estimate of drug-likeness (QED) is 0.655. The van der Waals surface area contributed by atoms with Crippen LogP contribution in [0.1, 0.15) is 10.5 Å². The third-order valence-electron chi connectivity index (χ3n) is 2.66.